The predicted octanol–water partition coefficient (Wildman–Crippen LogP) is 2.54. The van der Waals surface area contributed by atoms with E-state index in [1.54, 1.807) is 14.2 Å². The van der Waals surface area contributed by atoms with Crippen LogP contribution >= 0.6 is 35.6 Å². The fourth-order valence-electron chi connectivity index (χ4n) is 2.04. The minimum absolute atomic E-state index is 0. The highest BCUT2D eigenvalue weighted by molar-refractivity contribution is 14.0. The molecular weight excluding hydrogens is 427 g/mol. The first-order valence-corrected chi connectivity index (χ1v) is 7.78. The van der Waals surface area contributed by atoms with Gasteiger partial charge in [0.2, 0.25) is 0 Å². The predicted molar refractivity (Wildman–Crippen MR) is 109 cm³/mol. The summed E-state index contributed by atoms with van der Waals surface area (Å²) in [7, 11) is 7.63. The van der Waals surface area contributed by atoms with Crippen LogP contribution in [0.3, 0.4) is 0 Å². The van der Waals surface area contributed by atoms with Crippen molar-refractivity contribution < 1.29 is 4.74 Å². The highest BCUT2D eigenvalue weighted by atomic mass is 127. The maximum absolute atomic E-state index is 5.91. The largest absolute Gasteiger partial charge is 0.383 e. The Balaban J connectivity index is 0.00000484. The van der Waals surface area contributed by atoms with Crippen molar-refractivity contribution in [2.75, 3.05) is 54.5 Å². The number of hydrogen-bond acceptors (Lipinski definition) is 3. The molecular formula is C16H28ClIN4O. The van der Waals surface area contributed by atoms with Gasteiger partial charge < -0.3 is 19.9 Å². The summed E-state index contributed by atoms with van der Waals surface area (Å²) in [6.07, 6.45) is 0. The van der Waals surface area contributed by atoms with Crippen LogP contribution in [0.1, 0.15) is 5.56 Å². The van der Waals surface area contributed by atoms with Gasteiger partial charge in [-0.1, -0.05) is 23.7 Å². The smallest absolute Gasteiger partial charge is 0.193 e. The van der Waals surface area contributed by atoms with E-state index in [-0.39, 0.29) is 24.0 Å². The minimum Gasteiger partial charge on any atom is -0.383 e. The minimum atomic E-state index is 0. The Morgan fingerprint density at radius 3 is 2.43 bits per heavy atom. The number of methoxy groups -OCH3 is 1. The number of likely N-dealkylation sites (N-methyl/N-ethyl adjacent to an activating group) is 1. The van der Waals surface area contributed by atoms with Gasteiger partial charge in [-0.05, 0) is 24.7 Å². The molecule has 1 rings (SSSR count). The molecule has 7 heteroatoms. The number of benzene rings is 1. The van der Waals surface area contributed by atoms with Crippen LogP contribution in [0.5, 0.6) is 0 Å². The zero-order chi connectivity index (χ0) is 16.4. The molecule has 0 saturated heterocycles. The third-order valence-corrected chi connectivity index (χ3v) is 3.61. The summed E-state index contributed by atoms with van der Waals surface area (Å²) < 4.78 is 5.07. The molecule has 132 valence electrons. The van der Waals surface area contributed by atoms with E-state index < -0.39 is 0 Å². The monoisotopic (exact) mass is 454 g/mol. The topological polar surface area (TPSA) is 40.1 Å². The van der Waals surface area contributed by atoms with E-state index in [9.17, 15) is 0 Å². The third-order valence-electron chi connectivity index (χ3n) is 3.36. The fraction of sp³-hybridized carbons (Fsp3) is 0.562. The quantitative estimate of drug-likeness (QED) is 0.372. The Kier molecular flexibility index (Phi) is 12.5. The second-order valence-electron chi connectivity index (χ2n) is 5.25. The molecule has 5 nitrogen and oxygen atoms in total. The van der Waals surface area contributed by atoms with Gasteiger partial charge in [-0.25, -0.2) is 0 Å². The molecule has 0 aromatic heterocycles. The Labute approximate surface area is 162 Å². The van der Waals surface area contributed by atoms with Crippen LogP contribution in [-0.4, -0.2) is 70.3 Å². The van der Waals surface area contributed by atoms with Crippen molar-refractivity contribution in [3.05, 3.63) is 34.9 Å². The SMILES string of the molecule is CN=C(NCCN(C)CCOC)N(C)Cc1ccc(Cl)cc1.I. The average Bonchev–Trinajstić information content (AvgIpc) is 2.51. The first-order chi connectivity index (χ1) is 10.6. The number of nitrogens with one attached hydrogen (secondary N) is 1. The second kappa shape index (κ2) is 12.8. The van der Waals surface area contributed by atoms with Crippen LogP contribution in [0.25, 0.3) is 0 Å². The summed E-state index contributed by atoms with van der Waals surface area (Å²) in [4.78, 5) is 8.64. The molecule has 0 fully saturated rings. The molecule has 1 aromatic rings. The zero-order valence-corrected chi connectivity index (χ0v) is 17.5. The van der Waals surface area contributed by atoms with E-state index >= 15 is 0 Å². The van der Waals surface area contributed by atoms with Gasteiger partial charge in [0.05, 0.1) is 6.61 Å². The van der Waals surface area contributed by atoms with E-state index in [1.807, 2.05) is 31.3 Å². The summed E-state index contributed by atoms with van der Waals surface area (Å²) in [6.45, 7) is 4.25. The lowest BCUT2D eigenvalue weighted by Crippen LogP contribution is -2.42. The summed E-state index contributed by atoms with van der Waals surface area (Å²) in [6, 6.07) is 7.88. The highest BCUT2D eigenvalue weighted by Gasteiger charge is 2.07. The number of halogens is 2. The number of ether oxygens (including phenoxy) is 1. The Morgan fingerprint density at radius 2 is 1.87 bits per heavy atom. The van der Waals surface area contributed by atoms with Crippen molar-refractivity contribution in [3.8, 4) is 0 Å². The molecule has 1 aromatic carbocycles. The summed E-state index contributed by atoms with van der Waals surface area (Å²) in [5.41, 5.74) is 1.20. The molecule has 0 saturated carbocycles. The van der Waals surface area contributed by atoms with E-state index in [0.717, 1.165) is 43.8 Å². The molecule has 23 heavy (non-hydrogen) atoms. The number of hydrogen-bond donors (Lipinski definition) is 1. The van der Waals surface area contributed by atoms with Crippen LogP contribution in [0.2, 0.25) is 5.02 Å². The number of rotatable bonds is 8. The molecule has 0 amide bonds. The van der Waals surface area contributed by atoms with Crippen molar-refractivity contribution in [2.24, 2.45) is 4.99 Å². The first kappa shape index (κ1) is 22.4. The van der Waals surface area contributed by atoms with Crippen molar-refractivity contribution in [1.29, 1.82) is 0 Å². The van der Waals surface area contributed by atoms with Crippen LogP contribution in [-0.2, 0) is 11.3 Å². The summed E-state index contributed by atoms with van der Waals surface area (Å²) in [5.74, 6) is 0.884. The van der Waals surface area contributed by atoms with Crippen LogP contribution in [0.4, 0.5) is 0 Å². The van der Waals surface area contributed by atoms with E-state index in [0.29, 0.717) is 0 Å². The van der Waals surface area contributed by atoms with Crippen molar-refractivity contribution >= 4 is 41.5 Å². The van der Waals surface area contributed by atoms with E-state index in [2.05, 4.69) is 27.2 Å². The maximum Gasteiger partial charge on any atom is 0.193 e. The van der Waals surface area contributed by atoms with Gasteiger partial charge in [-0.3, -0.25) is 4.99 Å². The van der Waals surface area contributed by atoms with E-state index in [1.165, 1.54) is 5.56 Å². The second-order valence-corrected chi connectivity index (χ2v) is 5.69. The van der Waals surface area contributed by atoms with Crippen molar-refractivity contribution in [1.82, 2.24) is 15.1 Å². The molecule has 0 aliphatic carbocycles. The number of nitrogens with zero attached hydrogens (tertiary/aromatic N) is 3. The Morgan fingerprint density at radius 1 is 1.22 bits per heavy atom. The average molecular weight is 455 g/mol. The zero-order valence-electron chi connectivity index (χ0n) is 14.4. The van der Waals surface area contributed by atoms with Gasteiger partial charge in [-0.2, -0.15) is 0 Å². The van der Waals surface area contributed by atoms with Crippen LogP contribution in [0, 0.1) is 0 Å². The number of guanidine groups is 1. The molecule has 0 unspecified atom stereocenters. The molecule has 0 aliphatic rings. The number of aliphatic imine (C=N–C) groups is 1. The maximum atomic E-state index is 5.91. The van der Waals surface area contributed by atoms with Crippen LogP contribution in [0.15, 0.2) is 29.3 Å². The molecule has 0 radical (unpaired) electrons. The normalized spacial score (nSPS) is 11.3. The first-order valence-electron chi connectivity index (χ1n) is 7.40. The third kappa shape index (κ3) is 9.34. The molecule has 0 aliphatic heterocycles. The lowest BCUT2D eigenvalue weighted by Gasteiger charge is -2.23. The van der Waals surface area contributed by atoms with Gasteiger partial charge in [0.25, 0.3) is 0 Å². The lowest BCUT2D eigenvalue weighted by atomic mass is 10.2. The van der Waals surface area contributed by atoms with E-state index in [4.69, 9.17) is 16.3 Å². The Hall–Kier alpha value is -0.570. The van der Waals surface area contributed by atoms with Gasteiger partial charge in [-0.15, -0.1) is 24.0 Å². The fourth-order valence-corrected chi connectivity index (χ4v) is 2.17. The van der Waals surface area contributed by atoms with Gasteiger partial charge in [0, 0.05) is 52.4 Å². The summed E-state index contributed by atoms with van der Waals surface area (Å²) in [5, 5.41) is 4.13. The molecule has 0 heterocycles. The molecule has 0 spiro atoms. The summed E-state index contributed by atoms with van der Waals surface area (Å²) >= 11 is 5.91. The standard InChI is InChI=1S/C16H27ClN4O.HI/c1-18-16(19-9-10-20(2)11-12-22-4)21(3)13-14-5-7-15(17)8-6-14;/h5-8H,9-13H2,1-4H3,(H,18,19);1H. The van der Waals surface area contributed by atoms with Crippen LogP contribution < -0.4 is 5.32 Å². The molecule has 1 N–H and O–H groups in total. The molecule has 0 atom stereocenters. The van der Waals surface area contributed by atoms with Gasteiger partial charge in [0.1, 0.15) is 0 Å². The highest BCUT2D eigenvalue weighted by Crippen LogP contribution is 2.10. The Bertz CT molecular complexity index is 456. The molecule has 0 bridgehead atoms. The lowest BCUT2D eigenvalue weighted by molar-refractivity contribution is 0.162. The van der Waals surface area contributed by atoms with Crippen molar-refractivity contribution in [3.63, 3.8) is 0 Å². The van der Waals surface area contributed by atoms with Gasteiger partial charge in [0.15, 0.2) is 5.96 Å². The van der Waals surface area contributed by atoms with Crippen molar-refractivity contribution in [2.45, 2.75) is 6.54 Å². The van der Waals surface area contributed by atoms with Gasteiger partial charge >= 0.3 is 0 Å².